The van der Waals surface area contributed by atoms with Crippen LogP contribution in [0.5, 0.6) is 5.75 Å². The lowest BCUT2D eigenvalue weighted by molar-refractivity contribution is -0.307. The molecule has 3 aromatic rings. The number of carboxylic acid groups (broad SMARTS) is 1. The molecular formula is C20H16NO3S-. The summed E-state index contributed by atoms with van der Waals surface area (Å²) in [4.78, 5) is 15.0. The van der Waals surface area contributed by atoms with Crippen molar-refractivity contribution in [3.05, 3.63) is 70.0 Å². The van der Waals surface area contributed by atoms with Gasteiger partial charge in [0.05, 0.1) is 11.7 Å². The van der Waals surface area contributed by atoms with E-state index in [0.717, 1.165) is 21.8 Å². The molecule has 0 atom stereocenters. The van der Waals surface area contributed by atoms with Crippen LogP contribution in [0.25, 0.3) is 23.4 Å². The number of aryl methyl sites for hydroxylation is 1. The normalized spacial score (nSPS) is 10.9. The molecule has 0 amide bonds. The SMILES string of the molecule is Cc1ccc(-c2csc(/C=C/c3ccc(OCC(=O)[O-])cc3)n2)cc1. The van der Waals surface area contributed by atoms with Crippen LogP contribution in [0, 0.1) is 6.92 Å². The van der Waals surface area contributed by atoms with Gasteiger partial charge in [0.15, 0.2) is 0 Å². The summed E-state index contributed by atoms with van der Waals surface area (Å²) in [7, 11) is 0. The highest BCUT2D eigenvalue weighted by Gasteiger charge is 2.02. The number of hydrogen-bond donors (Lipinski definition) is 0. The number of benzene rings is 2. The van der Waals surface area contributed by atoms with Crippen LogP contribution in [0.15, 0.2) is 53.9 Å². The highest BCUT2D eigenvalue weighted by atomic mass is 32.1. The van der Waals surface area contributed by atoms with E-state index < -0.39 is 12.6 Å². The standard InChI is InChI=1S/C20H17NO3S/c1-14-2-7-16(8-3-14)18-13-25-19(21-18)11-6-15-4-9-17(10-5-15)24-12-20(22)23/h2-11,13H,12H2,1H3,(H,22,23)/p-1/b11-6+. The van der Waals surface area contributed by atoms with Crippen LogP contribution >= 0.6 is 11.3 Å². The van der Waals surface area contributed by atoms with Gasteiger partial charge in [-0.15, -0.1) is 11.3 Å². The van der Waals surface area contributed by atoms with Crippen molar-refractivity contribution in [2.24, 2.45) is 0 Å². The minimum absolute atomic E-state index is 0.448. The smallest absolute Gasteiger partial charge is 0.128 e. The molecule has 25 heavy (non-hydrogen) atoms. The summed E-state index contributed by atoms with van der Waals surface area (Å²) in [5.74, 6) is -0.741. The number of carboxylic acids is 1. The third kappa shape index (κ3) is 4.78. The maximum absolute atomic E-state index is 10.4. The number of aliphatic carboxylic acids is 1. The van der Waals surface area contributed by atoms with Crippen molar-refractivity contribution in [3.8, 4) is 17.0 Å². The van der Waals surface area contributed by atoms with E-state index >= 15 is 0 Å². The van der Waals surface area contributed by atoms with Crippen LogP contribution in [0.2, 0.25) is 0 Å². The molecular weight excluding hydrogens is 334 g/mol. The number of aromatic nitrogens is 1. The van der Waals surface area contributed by atoms with E-state index in [2.05, 4.69) is 36.2 Å². The van der Waals surface area contributed by atoms with Crippen LogP contribution in [0.4, 0.5) is 0 Å². The van der Waals surface area contributed by atoms with Gasteiger partial charge in [-0.05, 0) is 30.7 Å². The Balaban J connectivity index is 1.66. The van der Waals surface area contributed by atoms with Gasteiger partial charge in [0, 0.05) is 10.9 Å². The van der Waals surface area contributed by atoms with E-state index in [9.17, 15) is 9.90 Å². The number of carbonyl (C=O) groups excluding carboxylic acids is 1. The van der Waals surface area contributed by atoms with Gasteiger partial charge in [-0.2, -0.15) is 0 Å². The number of ether oxygens (including phenoxy) is 1. The van der Waals surface area contributed by atoms with Gasteiger partial charge in [-0.25, -0.2) is 4.98 Å². The lowest BCUT2D eigenvalue weighted by atomic mass is 10.1. The molecule has 0 aliphatic heterocycles. The quantitative estimate of drug-likeness (QED) is 0.683. The van der Waals surface area contributed by atoms with Gasteiger partial charge in [0.1, 0.15) is 17.4 Å². The molecule has 0 fully saturated rings. The second kappa shape index (κ2) is 7.77. The highest BCUT2D eigenvalue weighted by molar-refractivity contribution is 7.10. The number of thiazole rings is 1. The van der Waals surface area contributed by atoms with E-state index in [1.165, 1.54) is 5.56 Å². The van der Waals surface area contributed by atoms with E-state index in [4.69, 9.17) is 4.74 Å². The maximum Gasteiger partial charge on any atom is 0.128 e. The second-order valence-electron chi connectivity index (χ2n) is 5.50. The highest BCUT2D eigenvalue weighted by Crippen LogP contribution is 2.23. The molecule has 2 aromatic carbocycles. The lowest BCUT2D eigenvalue weighted by Gasteiger charge is -2.06. The molecule has 0 N–H and O–H groups in total. The molecule has 0 saturated heterocycles. The first-order valence-electron chi connectivity index (χ1n) is 7.73. The molecule has 0 aliphatic carbocycles. The molecule has 0 bridgehead atoms. The Labute approximate surface area is 150 Å². The predicted octanol–water partition coefficient (Wildman–Crippen LogP) is 3.42. The number of carbonyl (C=O) groups is 1. The number of rotatable bonds is 6. The van der Waals surface area contributed by atoms with Crippen LogP contribution in [0.3, 0.4) is 0 Å². The average Bonchev–Trinajstić information content (AvgIpc) is 3.08. The van der Waals surface area contributed by atoms with E-state index in [1.54, 1.807) is 23.5 Å². The van der Waals surface area contributed by atoms with E-state index in [-0.39, 0.29) is 0 Å². The Morgan fingerprint density at radius 3 is 2.52 bits per heavy atom. The van der Waals surface area contributed by atoms with Crippen molar-refractivity contribution < 1.29 is 14.6 Å². The molecule has 5 heteroatoms. The summed E-state index contributed by atoms with van der Waals surface area (Å²) in [6, 6.07) is 15.5. The van der Waals surface area contributed by atoms with Crippen molar-refractivity contribution in [3.63, 3.8) is 0 Å². The molecule has 4 nitrogen and oxygen atoms in total. The summed E-state index contributed by atoms with van der Waals surface area (Å²) in [5.41, 5.74) is 4.28. The van der Waals surface area contributed by atoms with Crippen molar-refractivity contribution in [2.45, 2.75) is 6.92 Å². The first kappa shape index (κ1) is 16.9. The van der Waals surface area contributed by atoms with Crippen LogP contribution in [-0.4, -0.2) is 17.6 Å². The molecule has 0 unspecified atom stereocenters. The van der Waals surface area contributed by atoms with Crippen molar-refractivity contribution in [1.82, 2.24) is 4.98 Å². The van der Waals surface area contributed by atoms with Gasteiger partial charge in [-0.3, -0.25) is 0 Å². The van der Waals surface area contributed by atoms with Crippen molar-refractivity contribution >= 4 is 29.5 Å². The minimum atomic E-state index is -1.24. The molecule has 126 valence electrons. The van der Waals surface area contributed by atoms with Gasteiger partial charge < -0.3 is 14.6 Å². The zero-order valence-electron chi connectivity index (χ0n) is 13.6. The molecule has 0 radical (unpaired) electrons. The summed E-state index contributed by atoms with van der Waals surface area (Å²) < 4.78 is 5.05. The van der Waals surface area contributed by atoms with Gasteiger partial charge in [0.25, 0.3) is 0 Å². The number of nitrogens with zero attached hydrogens (tertiary/aromatic N) is 1. The second-order valence-corrected chi connectivity index (χ2v) is 6.39. The third-order valence-corrected chi connectivity index (χ3v) is 4.33. The molecule has 0 spiro atoms. The summed E-state index contributed by atoms with van der Waals surface area (Å²) >= 11 is 1.59. The Kier molecular flexibility index (Phi) is 5.26. The monoisotopic (exact) mass is 350 g/mol. The molecule has 1 heterocycles. The van der Waals surface area contributed by atoms with Gasteiger partial charge >= 0.3 is 0 Å². The third-order valence-electron chi connectivity index (χ3n) is 3.52. The zero-order valence-corrected chi connectivity index (χ0v) is 14.5. The molecule has 3 rings (SSSR count). The van der Waals surface area contributed by atoms with Crippen LogP contribution < -0.4 is 9.84 Å². The number of hydrogen-bond acceptors (Lipinski definition) is 5. The fourth-order valence-electron chi connectivity index (χ4n) is 2.21. The van der Waals surface area contributed by atoms with Crippen LogP contribution in [0.1, 0.15) is 16.1 Å². The average molecular weight is 350 g/mol. The topological polar surface area (TPSA) is 62.2 Å². The Bertz CT molecular complexity index is 880. The van der Waals surface area contributed by atoms with Crippen molar-refractivity contribution in [2.75, 3.05) is 6.61 Å². The van der Waals surface area contributed by atoms with Gasteiger partial charge in [0.2, 0.25) is 0 Å². The molecule has 1 aromatic heterocycles. The van der Waals surface area contributed by atoms with Crippen molar-refractivity contribution in [1.29, 1.82) is 0 Å². The Morgan fingerprint density at radius 2 is 1.84 bits per heavy atom. The largest absolute Gasteiger partial charge is 0.546 e. The van der Waals surface area contributed by atoms with E-state index in [1.807, 2.05) is 29.7 Å². The fourth-order valence-corrected chi connectivity index (χ4v) is 2.92. The summed E-state index contributed by atoms with van der Waals surface area (Å²) in [5, 5.41) is 13.3. The first-order valence-corrected chi connectivity index (χ1v) is 8.61. The molecule has 0 saturated carbocycles. The van der Waals surface area contributed by atoms with E-state index in [0.29, 0.717) is 5.75 Å². The summed E-state index contributed by atoms with van der Waals surface area (Å²) in [6.07, 6.45) is 3.92. The minimum Gasteiger partial charge on any atom is -0.546 e. The summed E-state index contributed by atoms with van der Waals surface area (Å²) in [6.45, 7) is 1.62. The first-order chi connectivity index (χ1) is 12.1. The molecule has 0 aliphatic rings. The maximum atomic E-state index is 10.4. The van der Waals surface area contributed by atoms with Crippen LogP contribution in [-0.2, 0) is 4.79 Å². The fraction of sp³-hybridized carbons (Fsp3) is 0.100. The Morgan fingerprint density at radius 1 is 1.12 bits per heavy atom. The predicted molar refractivity (Wildman–Crippen MR) is 98.2 cm³/mol. The zero-order chi connectivity index (χ0) is 17.6. The van der Waals surface area contributed by atoms with Gasteiger partial charge in [-0.1, -0.05) is 48.0 Å². The Hall–Kier alpha value is -2.92. The lowest BCUT2D eigenvalue weighted by Crippen LogP contribution is -2.28.